The molecule has 2 N–H and O–H groups in total. The van der Waals surface area contributed by atoms with Crippen LogP contribution in [0.4, 0.5) is 0 Å². The first-order valence-electron chi connectivity index (χ1n) is 5.22. The molecule has 0 radical (unpaired) electrons. The lowest BCUT2D eigenvalue weighted by Crippen LogP contribution is -2.35. The Balaban J connectivity index is 2.35. The maximum Gasteiger partial charge on any atom is 0.254 e. The lowest BCUT2D eigenvalue weighted by atomic mass is 10.2. The summed E-state index contributed by atoms with van der Waals surface area (Å²) in [6, 6.07) is 1.68. The van der Waals surface area contributed by atoms with Gasteiger partial charge in [-0.3, -0.25) is 9.59 Å². The van der Waals surface area contributed by atoms with Gasteiger partial charge in [0.15, 0.2) is 0 Å². The number of aryl methyl sites for hydroxylation is 2. The standard InChI is InChI=1S/C11H15ClN2O3/c1-7-5-9(8(2)17-7)11(16)14-4-3-13-10(15)6-12/h5H,3-4,6H2,1-2H3,(H,13,15)(H,14,16). The Morgan fingerprint density at radius 1 is 1.29 bits per heavy atom. The van der Waals surface area contributed by atoms with Crippen LogP contribution in [0.15, 0.2) is 10.5 Å². The zero-order valence-corrected chi connectivity index (χ0v) is 10.6. The summed E-state index contributed by atoms with van der Waals surface area (Å²) in [5, 5.41) is 5.23. The molecule has 2 amide bonds. The first-order chi connectivity index (χ1) is 8.04. The normalized spacial score (nSPS) is 10.1. The third kappa shape index (κ3) is 4.11. The van der Waals surface area contributed by atoms with Crippen LogP contribution in [0.3, 0.4) is 0 Å². The third-order valence-corrected chi connectivity index (χ3v) is 2.38. The zero-order chi connectivity index (χ0) is 12.8. The number of amides is 2. The SMILES string of the molecule is Cc1cc(C(=O)NCCNC(=O)CCl)c(C)o1. The molecule has 0 saturated heterocycles. The van der Waals surface area contributed by atoms with Crippen LogP contribution < -0.4 is 10.6 Å². The quantitative estimate of drug-likeness (QED) is 0.611. The van der Waals surface area contributed by atoms with Crippen molar-refractivity contribution in [3.63, 3.8) is 0 Å². The van der Waals surface area contributed by atoms with Crippen LogP contribution in [0.1, 0.15) is 21.9 Å². The number of carbonyl (C=O) groups is 2. The molecule has 5 nitrogen and oxygen atoms in total. The van der Waals surface area contributed by atoms with Crippen LogP contribution in [-0.2, 0) is 4.79 Å². The number of carbonyl (C=O) groups excluding carboxylic acids is 2. The molecule has 1 aromatic heterocycles. The highest BCUT2D eigenvalue weighted by Crippen LogP contribution is 2.12. The van der Waals surface area contributed by atoms with Crippen molar-refractivity contribution in [1.82, 2.24) is 10.6 Å². The van der Waals surface area contributed by atoms with Crippen LogP contribution in [0.2, 0.25) is 0 Å². The lowest BCUT2D eigenvalue weighted by Gasteiger charge is -2.05. The van der Waals surface area contributed by atoms with E-state index in [0.717, 1.165) is 0 Å². The molecule has 6 heteroatoms. The van der Waals surface area contributed by atoms with Crippen molar-refractivity contribution in [2.45, 2.75) is 13.8 Å². The number of hydrogen-bond acceptors (Lipinski definition) is 3. The lowest BCUT2D eigenvalue weighted by molar-refractivity contribution is -0.118. The molecule has 0 aliphatic carbocycles. The van der Waals surface area contributed by atoms with Gasteiger partial charge < -0.3 is 15.1 Å². The number of furan rings is 1. The Hall–Kier alpha value is -1.49. The molecule has 0 aromatic carbocycles. The molecule has 0 aliphatic heterocycles. The van der Waals surface area contributed by atoms with Gasteiger partial charge in [0, 0.05) is 13.1 Å². The van der Waals surface area contributed by atoms with Gasteiger partial charge in [0.25, 0.3) is 5.91 Å². The number of hydrogen-bond donors (Lipinski definition) is 2. The Bertz CT molecular complexity index is 415. The van der Waals surface area contributed by atoms with Crippen molar-refractivity contribution in [3.8, 4) is 0 Å². The minimum atomic E-state index is -0.253. The van der Waals surface area contributed by atoms with E-state index < -0.39 is 0 Å². The summed E-state index contributed by atoms with van der Waals surface area (Å²) in [5.41, 5.74) is 0.520. The molecule has 1 aromatic rings. The summed E-state index contributed by atoms with van der Waals surface area (Å²) in [6.07, 6.45) is 0. The molecule has 1 rings (SSSR count). The monoisotopic (exact) mass is 258 g/mol. The van der Waals surface area contributed by atoms with Crippen molar-refractivity contribution in [1.29, 1.82) is 0 Å². The summed E-state index contributed by atoms with van der Waals surface area (Å²) >= 11 is 5.30. The second-order valence-electron chi connectivity index (χ2n) is 3.57. The number of nitrogens with one attached hydrogen (secondary N) is 2. The van der Waals surface area contributed by atoms with Gasteiger partial charge >= 0.3 is 0 Å². The fourth-order valence-electron chi connectivity index (χ4n) is 1.38. The van der Waals surface area contributed by atoms with E-state index in [1.807, 2.05) is 0 Å². The molecule has 0 saturated carbocycles. The molecular weight excluding hydrogens is 244 g/mol. The minimum Gasteiger partial charge on any atom is -0.466 e. The van der Waals surface area contributed by atoms with Gasteiger partial charge in [0.1, 0.15) is 17.4 Å². The molecule has 0 bridgehead atoms. The molecule has 0 fully saturated rings. The summed E-state index contributed by atoms with van der Waals surface area (Å²) in [6.45, 7) is 4.22. The largest absolute Gasteiger partial charge is 0.466 e. The molecule has 0 unspecified atom stereocenters. The van der Waals surface area contributed by atoms with Crippen molar-refractivity contribution in [3.05, 3.63) is 23.2 Å². The summed E-state index contributed by atoms with van der Waals surface area (Å²) in [4.78, 5) is 22.5. The Morgan fingerprint density at radius 2 is 1.94 bits per heavy atom. The molecule has 17 heavy (non-hydrogen) atoms. The highest BCUT2D eigenvalue weighted by molar-refractivity contribution is 6.27. The number of rotatable bonds is 5. The Morgan fingerprint density at radius 3 is 2.47 bits per heavy atom. The van der Waals surface area contributed by atoms with Gasteiger partial charge in [-0.05, 0) is 19.9 Å². The highest BCUT2D eigenvalue weighted by atomic mass is 35.5. The molecule has 0 spiro atoms. The fourth-order valence-corrected chi connectivity index (χ4v) is 1.47. The van der Waals surface area contributed by atoms with Crippen molar-refractivity contribution < 1.29 is 14.0 Å². The van der Waals surface area contributed by atoms with Gasteiger partial charge in [0.05, 0.1) is 5.56 Å². The van der Waals surface area contributed by atoms with Crippen LogP contribution in [-0.4, -0.2) is 30.8 Å². The average Bonchev–Trinajstić information content (AvgIpc) is 2.63. The first kappa shape index (κ1) is 13.6. The molecule has 0 aliphatic rings. The molecule has 1 heterocycles. The molecule has 94 valence electrons. The van der Waals surface area contributed by atoms with E-state index in [1.165, 1.54) is 0 Å². The number of halogens is 1. The van der Waals surface area contributed by atoms with Crippen molar-refractivity contribution in [2.75, 3.05) is 19.0 Å². The third-order valence-electron chi connectivity index (χ3n) is 2.14. The molecular formula is C11H15ClN2O3. The number of alkyl halides is 1. The van der Waals surface area contributed by atoms with E-state index in [2.05, 4.69) is 10.6 Å². The summed E-state index contributed by atoms with van der Waals surface area (Å²) < 4.78 is 5.25. The molecule has 0 atom stereocenters. The van der Waals surface area contributed by atoms with E-state index in [4.69, 9.17) is 16.0 Å². The van der Waals surface area contributed by atoms with Gasteiger partial charge in [-0.25, -0.2) is 0 Å². The zero-order valence-electron chi connectivity index (χ0n) is 9.80. The summed E-state index contributed by atoms with van der Waals surface area (Å²) in [5.74, 6) is 0.747. The maximum absolute atomic E-state index is 11.7. The van der Waals surface area contributed by atoms with E-state index in [0.29, 0.717) is 30.2 Å². The average molecular weight is 259 g/mol. The van der Waals surface area contributed by atoms with Gasteiger partial charge in [-0.1, -0.05) is 0 Å². The smallest absolute Gasteiger partial charge is 0.254 e. The fraction of sp³-hybridized carbons (Fsp3) is 0.455. The second kappa shape index (κ2) is 6.30. The van der Waals surface area contributed by atoms with Crippen molar-refractivity contribution in [2.24, 2.45) is 0 Å². The van der Waals surface area contributed by atoms with Crippen molar-refractivity contribution >= 4 is 23.4 Å². The summed E-state index contributed by atoms with van der Waals surface area (Å²) in [7, 11) is 0. The van der Waals surface area contributed by atoms with Crippen LogP contribution in [0.25, 0.3) is 0 Å². The topological polar surface area (TPSA) is 71.3 Å². The Kier molecular flexibility index (Phi) is 5.03. The maximum atomic E-state index is 11.7. The van der Waals surface area contributed by atoms with E-state index >= 15 is 0 Å². The minimum absolute atomic E-state index is 0.0754. The predicted octanol–water partition coefficient (Wildman–Crippen LogP) is 0.981. The van der Waals surface area contributed by atoms with E-state index in [9.17, 15) is 9.59 Å². The van der Waals surface area contributed by atoms with E-state index in [-0.39, 0.29) is 17.7 Å². The van der Waals surface area contributed by atoms with Crippen LogP contribution in [0.5, 0.6) is 0 Å². The Labute approximate surface area is 105 Å². The second-order valence-corrected chi connectivity index (χ2v) is 3.83. The highest BCUT2D eigenvalue weighted by Gasteiger charge is 2.12. The predicted molar refractivity (Wildman–Crippen MR) is 64.2 cm³/mol. The van der Waals surface area contributed by atoms with Crippen LogP contribution >= 0.6 is 11.6 Å². The van der Waals surface area contributed by atoms with E-state index in [1.54, 1.807) is 19.9 Å². The van der Waals surface area contributed by atoms with Gasteiger partial charge in [0.2, 0.25) is 5.91 Å². The van der Waals surface area contributed by atoms with Gasteiger partial charge in [-0.2, -0.15) is 0 Å². The van der Waals surface area contributed by atoms with Crippen LogP contribution in [0, 0.1) is 13.8 Å². The first-order valence-corrected chi connectivity index (χ1v) is 5.76. The van der Waals surface area contributed by atoms with Gasteiger partial charge in [-0.15, -0.1) is 11.6 Å².